The van der Waals surface area contributed by atoms with E-state index in [2.05, 4.69) is 43.8 Å². The van der Waals surface area contributed by atoms with Crippen molar-refractivity contribution in [1.82, 2.24) is 4.37 Å². The molecule has 1 aliphatic rings. The quantitative estimate of drug-likeness (QED) is 0.740. The SMILES string of the molecule is Brc1cc2c(c(CNc3snc4ccccc34)c1)OCC2. The van der Waals surface area contributed by atoms with Gasteiger partial charge in [0, 0.05) is 28.4 Å². The lowest BCUT2D eigenvalue weighted by Crippen LogP contribution is -2.00. The van der Waals surface area contributed by atoms with Crippen molar-refractivity contribution in [2.75, 3.05) is 11.9 Å². The fourth-order valence-electron chi connectivity index (χ4n) is 2.67. The summed E-state index contributed by atoms with van der Waals surface area (Å²) in [6.45, 7) is 1.52. The summed E-state index contributed by atoms with van der Waals surface area (Å²) in [6, 6.07) is 12.5. The van der Waals surface area contributed by atoms with Crippen LogP contribution >= 0.6 is 27.5 Å². The van der Waals surface area contributed by atoms with Crippen LogP contribution < -0.4 is 10.1 Å². The second-order valence-electron chi connectivity index (χ2n) is 5.03. The van der Waals surface area contributed by atoms with E-state index in [1.165, 1.54) is 28.0 Å². The van der Waals surface area contributed by atoms with Crippen molar-refractivity contribution in [1.29, 1.82) is 0 Å². The zero-order valence-corrected chi connectivity index (χ0v) is 13.6. The van der Waals surface area contributed by atoms with E-state index in [-0.39, 0.29) is 0 Å². The third kappa shape index (κ3) is 2.40. The first-order valence-electron chi connectivity index (χ1n) is 6.83. The van der Waals surface area contributed by atoms with Crippen molar-refractivity contribution in [3.63, 3.8) is 0 Å². The maximum absolute atomic E-state index is 5.77. The monoisotopic (exact) mass is 360 g/mol. The number of anilines is 1. The Morgan fingerprint density at radius 3 is 3.14 bits per heavy atom. The Morgan fingerprint density at radius 1 is 1.29 bits per heavy atom. The molecule has 0 atom stereocenters. The number of hydrogen-bond donors (Lipinski definition) is 1. The number of ether oxygens (including phenoxy) is 1. The molecule has 0 amide bonds. The molecule has 3 aromatic rings. The molecule has 1 aliphatic heterocycles. The molecule has 0 radical (unpaired) electrons. The third-order valence-corrected chi connectivity index (χ3v) is 4.94. The van der Waals surface area contributed by atoms with Gasteiger partial charge in [-0.1, -0.05) is 28.1 Å². The van der Waals surface area contributed by atoms with Crippen LogP contribution in [0.2, 0.25) is 0 Å². The number of rotatable bonds is 3. The lowest BCUT2D eigenvalue weighted by atomic mass is 10.1. The highest BCUT2D eigenvalue weighted by molar-refractivity contribution is 9.10. The average molecular weight is 361 g/mol. The van der Waals surface area contributed by atoms with E-state index in [0.29, 0.717) is 0 Å². The summed E-state index contributed by atoms with van der Waals surface area (Å²) < 4.78 is 11.3. The van der Waals surface area contributed by atoms with E-state index in [1.807, 2.05) is 18.2 Å². The molecule has 0 aliphatic carbocycles. The number of nitrogens with one attached hydrogen (secondary N) is 1. The van der Waals surface area contributed by atoms with E-state index < -0.39 is 0 Å². The molecule has 3 nitrogen and oxygen atoms in total. The predicted octanol–water partition coefficient (Wildman–Crippen LogP) is 4.61. The predicted molar refractivity (Wildman–Crippen MR) is 90.3 cm³/mol. The largest absolute Gasteiger partial charge is 0.493 e. The maximum atomic E-state index is 5.77. The lowest BCUT2D eigenvalue weighted by molar-refractivity contribution is 0.354. The van der Waals surface area contributed by atoms with Crippen molar-refractivity contribution in [2.45, 2.75) is 13.0 Å². The van der Waals surface area contributed by atoms with E-state index in [9.17, 15) is 0 Å². The molecule has 0 spiro atoms. The zero-order valence-electron chi connectivity index (χ0n) is 11.2. The summed E-state index contributed by atoms with van der Waals surface area (Å²) in [5.41, 5.74) is 3.52. The van der Waals surface area contributed by atoms with Gasteiger partial charge in [0.25, 0.3) is 0 Å². The van der Waals surface area contributed by atoms with E-state index in [4.69, 9.17) is 4.74 Å². The Labute approximate surface area is 135 Å². The highest BCUT2D eigenvalue weighted by atomic mass is 79.9. The Balaban J connectivity index is 1.63. The molecule has 2 aromatic carbocycles. The van der Waals surface area contributed by atoms with Crippen molar-refractivity contribution in [2.24, 2.45) is 0 Å². The smallest absolute Gasteiger partial charge is 0.127 e. The number of aromatic nitrogens is 1. The van der Waals surface area contributed by atoms with Gasteiger partial charge in [-0.3, -0.25) is 0 Å². The van der Waals surface area contributed by atoms with Gasteiger partial charge in [0.1, 0.15) is 10.8 Å². The van der Waals surface area contributed by atoms with Gasteiger partial charge in [0.05, 0.1) is 12.1 Å². The Bertz CT molecular complexity index is 815. The van der Waals surface area contributed by atoms with Gasteiger partial charge < -0.3 is 10.1 Å². The fourth-order valence-corrected chi connectivity index (χ4v) is 3.98. The molecule has 0 saturated heterocycles. The molecule has 5 heteroatoms. The molecule has 0 fully saturated rings. The normalized spacial score (nSPS) is 13.2. The molecule has 4 rings (SSSR count). The lowest BCUT2D eigenvalue weighted by Gasteiger charge is -2.10. The molecule has 0 saturated carbocycles. The third-order valence-electron chi connectivity index (χ3n) is 3.65. The van der Waals surface area contributed by atoms with Crippen molar-refractivity contribution >= 4 is 43.4 Å². The van der Waals surface area contributed by atoms with Crippen LogP contribution in [0.3, 0.4) is 0 Å². The summed E-state index contributed by atoms with van der Waals surface area (Å²) in [6.07, 6.45) is 0.991. The molecule has 106 valence electrons. The van der Waals surface area contributed by atoms with E-state index >= 15 is 0 Å². The summed E-state index contributed by atoms with van der Waals surface area (Å²) in [5.74, 6) is 1.04. The number of fused-ring (bicyclic) bond motifs is 2. The minimum atomic E-state index is 0.744. The van der Waals surface area contributed by atoms with Gasteiger partial charge in [-0.05, 0) is 41.4 Å². The van der Waals surface area contributed by atoms with E-state index in [0.717, 1.165) is 40.3 Å². The van der Waals surface area contributed by atoms with Gasteiger partial charge in [-0.2, -0.15) is 4.37 Å². The van der Waals surface area contributed by atoms with Crippen LogP contribution in [0.15, 0.2) is 40.9 Å². The van der Waals surface area contributed by atoms with Crippen LogP contribution in [0, 0.1) is 0 Å². The first-order valence-corrected chi connectivity index (χ1v) is 8.40. The molecule has 1 aromatic heterocycles. The van der Waals surface area contributed by atoms with Crippen LogP contribution in [0.25, 0.3) is 10.9 Å². The Morgan fingerprint density at radius 2 is 2.19 bits per heavy atom. The molecular weight excluding hydrogens is 348 g/mol. The molecule has 21 heavy (non-hydrogen) atoms. The number of hydrogen-bond acceptors (Lipinski definition) is 4. The van der Waals surface area contributed by atoms with Crippen molar-refractivity contribution in [3.8, 4) is 5.75 Å². The number of halogens is 1. The van der Waals surface area contributed by atoms with Crippen LogP contribution in [0.4, 0.5) is 5.00 Å². The van der Waals surface area contributed by atoms with Crippen LogP contribution in [-0.2, 0) is 13.0 Å². The fraction of sp³-hybridized carbons (Fsp3) is 0.188. The van der Waals surface area contributed by atoms with Crippen LogP contribution in [-0.4, -0.2) is 11.0 Å². The first kappa shape index (κ1) is 13.1. The molecular formula is C16H13BrN2OS. The zero-order chi connectivity index (χ0) is 14.2. The van der Waals surface area contributed by atoms with Gasteiger partial charge in [-0.25, -0.2) is 0 Å². The summed E-state index contributed by atoms with van der Waals surface area (Å²) in [7, 11) is 0. The minimum Gasteiger partial charge on any atom is -0.493 e. The standard InChI is InChI=1S/C16H13BrN2OS/c17-12-7-10-5-6-20-15(10)11(8-12)9-18-16-13-3-1-2-4-14(13)19-21-16/h1-4,7-8,18H,5-6,9H2. The molecule has 0 bridgehead atoms. The van der Waals surface area contributed by atoms with E-state index in [1.54, 1.807) is 0 Å². The molecule has 1 N–H and O–H groups in total. The van der Waals surface area contributed by atoms with Gasteiger partial charge in [0.2, 0.25) is 0 Å². The molecule has 0 unspecified atom stereocenters. The van der Waals surface area contributed by atoms with Gasteiger partial charge in [-0.15, -0.1) is 0 Å². The Kier molecular flexibility index (Phi) is 3.31. The van der Waals surface area contributed by atoms with Gasteiger partial charge in [0.15, 0.2) is 0 Å². The van der Waals surface area contributed by atoms with Crippen LogP contribution in [0.5, 0.6) is 5.75 Å². The summed E-state index contributed by atoms with van der Waals surface area (Å²) in [4.78, 5) is 0. The van der Waals surface area contributed by atoms with Crippen molar-refractivity contribution < 1.29 is 4.74 Å². The summed E-state index contributed by atoms with van der Waals surface area (Å²) >= 11 is 5.09. The first-order chi connectivity index (χ1) is 10.3. The summed E-state index contributed by atoms with van der Waals surface area (Å²) in [5, 5.41) is 5.78. The van der Waals surface area contributed by atoms with Gasteiger partial charge >= 0.3 is 0 Å². The number of benzene rings is 2. The Hall–Kier alpha value is -1.59. The second-order valence-corrected chi connectivity index (χ2v) is 6.72. The number of nitrogens with zero attached hydrogens (tertiary/aromatic N) is 1. The topological polar surface area (TPSA) is 34.2 Å². The highest BCUT2D eigenvalue weighted by Crippen LogP contribution is 2.34. The maximum Gasteiger partial charge on any atom is 0.127 e. The molecule has 2 heterocycles. The minimum absolute atomic E-state index is 0.744. The second kappa shape index (κ2) is 5.31. The van der Waals surface area contributed by atoms with Crippen molar-refractivity contribution in [3.05, 3.63) is 52.0 Å². The van der Waals surface area contributed by atoms with Crippen LogP contribution in [0.1, 0.15) is 11.1 Å². The average Bonchev–Trinajstić information content (AvgIpc) is 3.11. The highest BCUT2D eigenvalue weighted by Gasteiger charge is 2.17.